The van der Waals surface area contributed by atoms with Crippen LogP contribution in [0.4, 0.5) is 5.69 Å². The minimum Gasteiger partial charge on any atom is -0.383 e. The van der Waals surface area contributed by atoms with E-state index in [9.17, 15) is 4.79 Å². The third-order valence-electron chi connectivity index (χ3n) is 3.37. The highest BCUT2D eigenvalue weighted by atomic mass is 32.2. The van der Waals surface area contributed by atoms with Gasteiger partial charge in [-0.3, -0.25) is 9.36 Å². The number of nitrogens with one attached hydrogen (secondary N) is 1. The number of benzene rings is 1. The fourth-order valence-electron chi connectivity index (χ4n) is 2.22. The van der Waals surface area contributed by atoms with E-state index in [-0.39, 0.29) is 11.7 Å². The molecule has 130 valence electrons. The Hall–Kier alpha value is -2.16. The molecule has 0 unspecified atom stereocenters. The molecular weight excluding hydrogens is 356 g/mol. The number of carbonyl (C=O) groups excluding carboxylic acids is 1. The smallest absolute Gasteiger partial charge is 0.234 e. The number of amides is 1. The van der Waals surface area contributed by atoms with Gasteiger partial charge in [0.05, 0.1) is 23.8 Å². The molecule has 6 nitrogen and oxygen atoms in total. The average molecular weight is 374 g/mol. The van der Waals surface area contributed by atoms with Crippen LogP contribution in [0.1, 0.15) is 0 Å². The molecule has 8 heteroatoms. The third-order valence-corrected chi connectivity index (χ3v) is 5.20. The molecule has 0 fully saturated rings. The predicted molar refractivity (Wildman–Crippen MR) is 101 cm³/mol. The molecule has 1 aromatic carbocycles. The second kappa shape index (κ2) is 8.80. The minimum absolute atomic E-state index is 0.0739. The van der Waals surface area contributed by atoms with Gasteiger partial charge in [0.1, 0.15) is 0 Å². The van der Waals surface area contributed by atoms with Gasteiger partial charge in [0.25, 0.3) is 0 Å². The zero-order valence-corrected chi connectivity index (χ0v) is 15.3. The molecule has 0 atom stereocenters. The van der Waals surface area contributed by atoms with Crippen LogP contribution < -0.4 is 5.32 Å². The highest BCUT2D eigenvalue weighted by Gasteiger charge is 2.16. The van der Waals surface area contributed by atoms with Crippen molar-refractivity contribution < 1.29 is 9.53 Å². The van der Waals surface area contributed by atoms with E-state index in [0.717, 1.165) is 16.4 Å². The summed E-state index contributed by atoms with van der Waals surface area (Å²) in [4.78, 5) is 13.2. The Kier molecular flexibility index (Phi) is 6.21. The van der Waals surface area contributed by atoms with Crippen molar-refractivity contribution >= 4 is 34.7 Å². The number of methoxy groups -OCH3 is 1. The van der Waals surface area contributed by atoms with Crippen molar-refractivity contribution in [2.75, 3.05) is 24.8 Å². The van der Waals surface area contributed by atoms with Crippen molar-refractivity contribution in [3.8, 4) is 10.7 Å². The maximum atomic E-state index is 12.1. The maximum absolute atomic E-state index is 12.1. The summed E-state index contributed by atoms with van der Waals surface area (Å²) < 4.78 is 7.18. The largest absolute Gasteiger partial charge is 0.383 e. The first-order chi connectivity index (χ1) is 12.3. The Labute approximate surface area is 154 Å². The molecule has 1 N–H and O–H groups in total. The summed E-state index contributed by atoms with van der Waals surface area (Å²) in [6, 6.07) is 13.4. The summed E-state index contributed by atoms with van der Waals surface area (Å²) >= 11 is 2.98. The van der Waals surface area contributed by atoms with Crippen molar-refractivity contribution in [2.24, 2.45) is 0 Å². The molecule has 0 spiro atoms. The number of nitrogens with zero attached hydrogens (tertiary/aromatic N) is 3. The van der Waals surface area contributed by atoms with E-state index in [1.807, 2.05) is 52.4 Å². The molecule has 0 radical (unpaired) electrons. The van der Waals surface area contributed by atoms with Gasteiger partial charge in [-0.2, -0.15) is 0 Å². The summed E-state index contributed by atoms with van der Waals surface area (Å²) in [6.07, 6.45) is 0. The number of thioether (sulfide) groups is 1. The first-order valence-corrected chi connectivity index (χ1v) is 9.58. The number of para-hydroxylation sites is 1. The Bertz CT molecular complexity index is 803. The Morgan fingerprint density at radius 2 is 2.08 bits per heavy atom. The molecule has 0 saturated heterocycles. The number of anilines is 1. The van der Waals surface area contributed by atoms with Crippen molar-refractivity contribution in [2.45, 2.75) is 11.7 Å². The van der Waals surface area contributed by atoms with Gasteiger partial charge in [-0.05, 0) is 23.6 Å². The molecule has 25 heavy (non-hydrogen) atoms. The third kappa shape index (κ3) is 4.68. The summed E-state index contributed by atoms with van der Waals surface area (Å²) in [7, 11) is 1.66. The van der Waals surface area contributed by atoms with Gasteiger partial charge in [-0.1, -0.05) is 36.0 Å². The van der Waals surface area contributed by atoms with Crippen LogP contribution in [0.2, 0.25) is 0 Å². The quantitative estimate of drug-likeness (QED) is 0.612. The van der Waals surface area contributed by atoms with E-state index in [1.54, 1.807) is 18.4 Å². The zero-order valence-electron chi connectivity index (χ0n) is 13.7. The van der Waals surface area contributed by atoms with E-state index >= 15 is 0 Å². The molecule has 0 saturated carbocycles. The Morgan fingerprint density at radius 3 is 2.80 bits per heavy atom. The standard InChI is InChI=1S/C17H18N4O2S2/c1-23-10-9-21-16(14-8-5-11-24-14)19-20-17(21)25-12-15(22)18-13-6-3-2-4-7-13/h2-8,11H,9-10,12H2,1H3,(H,18,22). The molecular formula is C17H18N4O2S2. The molecule has 1 amide bonds. The van der Waals surface area contributed by atoms with Crippen LogP contribution in [-0.2, 0) is 16.1 Å². The van der Waals surface area contributed by atoms with Crippen molar-refractivity contribution in [1.82, 2.24) is 14.8 Å². The summed E-state index contributed by atoms with van der Waals surface area (Å²) in [5, 5.41) is 14.1. The fraction of sp³-hybridized carbons (Fsp3) is 0.235. The molecule has 3 aromatic rings. The number of aromatic nitrogens is 3. The first-order valence-electron chi connectivity index (χ1n) is 7.71. The van der Waals surface area contributed by atoms with Crippen LogP contribution in [0, 0.1) is 0 Å². The average Bonchev–Trinajstić information content (AvgIpc) is 3.28. The fourth-order valence-corrected chi connectivity index (χ4v) is 3.70. The monoisotopic (exact) mass is 374 g/mol. The van der Waals surface area contributed by atoms with E-state index in [2.05, 4.69) is 15.5 Å². The second-order valence-electron chi connectivity index (χ2n) is 5.13. The van der Waals surface area contributed by atoms with Gasteiger partial charge < -0.3 is 10.1 Å². The van der Waals surface area contributed by atoms with E-state index < -0.39 is 0 Å². The van der Waals surface area contributed by atoms with Gasteiger partial charge in [-0.25, -0.2) is 0 Å². The van der Waals surface area contributed by atoms with Gasteiger partial charge in [-0.15, -0.1) is 21.5 Å². The molecule has 3 rings (SSSR count). The number of ether oxygens (including phenoxy) is 1. The van der Waals surface area contributed by atoms with Gasteiger partial charge >= 0.3 is 0 Å². The number of rotatable bonds is 8. The van der Waals surface area contributed by atoms with Crippen molar-refractivity contribution in [3.63, 3.8) is 0 Å². The molecule has 0 aliphatic carbocycles. The Morgan fingerprint density at radius 1 is 1.24 bits per heavy atom. The minimum atomic E-state index is -0.0739. The second-order valence-corrected chi connectivity index (χ2v) is 7.02. The van der Waals surface area contributed by atoms with Gasteiger partial charge in [0, 0.05) is 12.8 Å². The lowest BCUT2D eigenvalue weighted by atomic mass is 10.3. The number of hydrogen-bond acceptors (Lipinski definition) is 6. The summed E-state index contributed by atoms with van der Waals surface area (Å²) in [5.74, 6) is 0.998. The van der Waals surface area contributed by atoms with Crippen molar-refractivity contribution in [1.29, 1.82) is 0 Å². The topological polar surface area (TPSA) is 69.0 Å². The summed E-state index contributed by atoms with van der Waals surface area (Å²) in [5.41, 5.74) is 0.785. The number of thiophene rings is 1. The summed E-state index contributed by atoms with van der Waals surface area (Å²) in [6.45, 7) is 1.19. The highest BCUT2D eigenvalue weighted by Crippen LogP contribution is 2.27. The molecule has 2 heterocycles. The van der Waals surface area contributed by atoms with Gasteiger partial charge in [0.2, 0.25) is 5.91 Å². The maximum Gasteiger partial charge on any atom is 0.234 e. The van der Waals surface area contributed by atoms with Crippen LogP contribution in [0.3, 0.4) is 0 Å². The molecule has 0 aliphatic heterocycles. The van der Waals surface area contributed by atoms with E-state index in [1.165, 1.54) is 11.8 Å². The lowest BCUT2D eigenvalue weighted by Gasteiger charge is -2.09. The lowest BCUT2D eigenvalue weighted by molar-refractivity contribution is -0.113. The number of carbonyl (C=O) groups is 1. The van der Waals surface area contributed by atoms with Crippen LogP contribution in [0.15, 0.2) is 53.0 Å². The zero-order chi connectivity index (χ0) is 17.5. The van der Waals surface area contributed by atoms with Crippen LogP contribution in [0.5, 0.6) is 0 Å². The van der Waals surface area contributed by atoms with E-state index in [4.69, 9.17) is 4.74 Å². The SMILES string of the molecule is COCCn1c(SCC(=O)Nc2ccccc2)nnc1-c1cccs1. The highest BCUT2D eigenvalue weighted by molar-refractivity contribution is 7.99. The number of hydrogen-bond donors (Lipinski definition) is 1. The predicted octanol–water partition coefficient (Wildman–Crippen LogP) is 3.38. The van der Waals surface area contributed by atoms with Crippen LogP contribution in [-0.4, -0.2) is 40.1 Å². The van der Waals surface area contributed by atoms with E-state index in [0.29, 0.717) is 18.3 Å². The lowest BCUT2D eigenvalue weighted by Crippen LogP contribution is -2.15. The van der Waals surface area contributed by atoms with Crippen molar-refractivity contribution in [3.05, 3.63) is 47.8 Å². The Balaban J connectivity index is 1.68. The molecule has 0 aliphatic rings. The van der Waals surface area contributed by atoms with Crippen LogP contribution >= 0.6 is 23.1 Å². The van der Waals surface area contributed by atoms with Gasteiger partial charge in [0.15, 0.2) is 11.0 Å². The normalized spacial score (nSPS) is 10.8. The molecule has 2 aromatic heterocycles. The molecule has 0 bridgehead atoms. The van der Waals surface area contributed by atoms with Crippen LogP contribution in [0.25, 0.3) is 10.7 Å². The first kappa shape index (κ1) is 17.7.